The molecule has 0 saturated carbocycles. The monoisotopic (exact) mass is 266 g/mol. The minimum atomic E-state index is -0.711. The summed E-state index contributed by atoms with van der Waals surface area (Å²) in [6.45, 7) is 0. The van der Waals surface area contributed by atoms with Gasteiger partial charge in [-0.25, -0.2) is 0 Å². The van der Waals surface area contributed by atoms with Gasteiger partial charge in [-0.05, 0) is 6.07 Å². The molecule has 1 aromatic carbocycles. The van der Waals surface area contributed by atoms with E-state index in [4.69, 9.17) is 4.74 Å². The number of methoxy groups -OCH3 is 1. The SMILES string of the molecule is COc1cc2c(cc1O)N=CC1CSCN1C2O. The van der Waals surface area contributed by atoms with Crippen LogP contribution in [0.15, 0.2) is 17.1 Å². The largest absolute Gasteiger partial charge is 0.504 e. The third-order valence-corrected chi connectivity index (χ3v) is 4.32. The first-order valence-corrected chi connectivity index (χ1v) is 6.83. The predicted molar refractivity (Wildman–Crippen MR) is 70.7 cm³/mol. The molecule has 6 heteroatoms. The smallest absolute Gasteiger partial charge is 0.161 e. The summed E-state index contributed by atoms with van der Waals surface area (Å²) in [6.07, 6.45) is 1.12. The Morgan fingerprint density at radius 3 is 3.11 bits per heavy atom. The molecule has 2 heterocycles. The fourth-order valence-corrected chi connectivity index (χ4v) is 3.42. The lowest BCUT2D eigenvalue weighted by Gasteiger charge is -2.25. The number of thioether (sulfide) groups is 1. The molecule has 1 saturated heterocycles. The van der Waals surface area contributed by atoms with Gasteiger partial charge in [-0.15, -0.1) is 11.8 Å². The molecule has 96 valence electrons. The average Bonchev–Trinajstić information content (AvgIpc) is 2.79. The van der Waals surface area contributed by atoms with Crippen LogP contribution in [0.2, 0.25) is 0 Å². The second kappa shape index (κ2) is 4.46. The second-order valence-corrected chi connectivity index (χ2v) is 5.32. The number of aliphatic imine (C=N–C) groups is 1. The van der Waals surface area contributed by atoms with Crippen molar-refractivity contribution in [1.29, 1.82) is 0 Å². The van der Waals surface area contributed by atoms with Crippen LogP contribution in [0.1, 0.15) is 11.8 Å². The van der Waals surface area contributed by atoms with Crippen LogP contribution in [0.3, 0.4) is 0 Å². The zero-order chi connectivity index (χ0) is 12.7. The summed E-state index contributed by atoms with van der Waals surface area (Å²) in [4.78, 5) is 6.34. The summed E-state index contributed by atoms with van der Waals surface area (Å²) in [5.74, 6) is 2.10. The highest BCUT2D eigenvalue weighted by Crippen LogP contribution is 2.41. The summed E-state index contributed by atoms with van der Waals surface area (Å²) in [7, 11) is 1.49. The Hall–Kier alpha value is -1.24. The molecule has 1 aromatic rings. The number of aromatic hydroxyl groups is 1. The molecular weight excluding hydrogens is 252 g/mol. The number of hydrogen-bond acceptors (Lipinski definition) is 6. The van der Waals surface area contributed by atoms with Crippen LogP contribution in [-0.4, -0.2) is 46.1 Å². The number of phenolic OH excluding ortho intramolecular Hbond substituents is 1. The molecule has 2 aliphatic rings. The van der Waals surface area contributed by atoms with Gasteiger partial charge in [-0.2, -0.15) is 0 Å². The molecule has 0 amide bonds. The maximum absolute atomic E-state index is 10.4. The van der Waals surface area contributed by atoms with Crippen LogP contribution in [0, 0.1) is 0 Å². The van der Waals surface area contributed by atoms with Crippen LogP contribution in [0.5, 0.6) is 11.5 Å². The second-order valence-electron chi connectivity index (χ2n) is 4.32. The first-order valence-electron chi connectivity index (χ1n) is 5.67. The minimum Gasteiger partial charge on any atom is -0.504 e. The summed E-state index contributed by atoms with van der Waals surface area (Å²) < 4.78 is 5.07. The van der Waals surface area contributed by atoms with Crippen molar-refractivity contribution in [1.82, 2.24) is 4.90 Å². The molecule has 2 aliphatic heterocycles. The van der Waals surface area contributed by atoms with Gasteiger partial charge in [-0.3, -0.25) is 9.89 Å². The molecule has 0 bridgehead atoms. The van der Waals surface area contributed by atoms with Gasteiger partial charge in [-0.1, -0.05) is 0 Å². The van der Waals surface area contributed by atoms with E-state index in [1.54, 1.807) is 17.8 Å². The maximum atomic E-state index is 10.4. The Bertz CT molecular complexity index is 506. The average molecular weight is 266 g/mol. The highest BCUT2D eigenvalue weighted by Gasteiger charge is 2.33. The topological polar surface area (TPSA) is 65.3 Å². The van der Waals surface area contributed by atoms with Crippen LogP contribution >= 0.6 is 11.8 Å². The molecule has 3 rings (SSSR count). The fraction of sp³-hybridized carbons (Fsp3) is 0.417. The van der Waals surface area contributed by atoms with Crippen molar-refractivity contribution in [2.45, 2.75) is 12.3 Å². The zero-order valence-corrected chi connectivity index (χ0v) is 10.7. The van der Waals surface area contributed by atoms with Crippen molar-refractivity contribution >= 4 is 23.7 Å². The van der Waals surface area contributed by atoms with Crippen LogP contribution in [0.25, 0.3) is 0 Å². The molecular formula is C12H14N2O3S. The first kappa shape index (κ1) is 11.8. The number of aliphatic hydroxyl groups is 1. The van der Waals surface area contributed by atoms with Gasteiger partial charge in [0.15, 0.2) is 11.5 Å². The number of fused-ring (bicyclic) bond motifs is 2. The molecule has 2 N–H and O–H groups in total. The van der Waals surface area contributed by atoms with Gasteiger partial charge in [0.1, 0.15) is 6.23 Å². The molecule has 0 radical (unpaired) electrons. The Balaban J connectivity index is 2.09. The van der Waals surface area contributed by atoms with E-state index in [1.807, 2.05) is 11.1 Å². The number of ether oxygens (including phenoxy) is 1. The molecule has 1 fully saturated rings. The van der Waals surface area contributed by atoms with Crippen molar-refractivity contribution in [3.63, 3.8) is 0 Å². The van der Waals surface area contributed by atoms with E-state index < -0.39 is 6.23 Å². The van der Waals surface area contributed by atoms with Crippen molar-refractivity contribution in [2.75, 3.05) is 18.7 Å². The molecule has 0 aromatic heterocycles. The predicted octanol–water partition coefficient (Wildman–Crippen LogP) is 1.48. The fourth-order valence-electron chi connectivity index (χ4n) is 2.25. The lowest BCUT2D eigenvalue weighted by atomic mass is 10.1. The number of rotatable bonds is 1. The Labute approximate surface area is 109 Å². The van der Waals surface area contributed by atoms with E-state index in [1.165, 1.54) is 13.2 Å². The van der Waals surface area contributed by atoms with E-state index >= 15 is 0 Å². The molecule has 5 nitrogen and oxygen atoms in total. The summed E-state index contributed by atoms with van der Waals surface area (Å²) in [5.41, 5.74) is 1.27. The van der Waals surface area contributed by atoms with Gasteiger partial charge in [0.2, 0.25) is 0 Å². The van der Waals surface area contributed by atoms with Crippen molar-refractivity contribution < 1.29 is 14.9 Å². The van der Waals surface area contributed by atoms with Crippen molar-refractivity contribution in [3.8, 4) is 11.5 Å². The Morgan fingerprint density at radius 1 is 1.50 bits per heavy atom. The quantitative estimate of drug-likeness (QED) is 0.806. The molecule has 2 unspecified atom stereocenters. The minimum absolute atomic E-state index is 0.0389. The zero-order valence-electron chi connectivity index (χ0n) is 9.91. The third kappa shape index (κ3) is 1.77. The normalized spacial score (nSPS) is 26.6. The van der Waals surface area contributed by atoms with E-state index in [9.17, 15) is 10.2 Å². The standard InChI is InChI=1S/C12H14N2O3S/c1-17-11-2-8-9(3-10(11)15)13-4-7-5-18-6-14(7)12(8)16/h2-4,7,12,15-16H,5-6H2,1H3. The molecule has 18 heavy (non-hydrogen) atoms. The lowest BCUT2D eigenvalue weighted by molar-refractivity contribution is 0.0149. The van der Waals surface area contributed by atoms with E-state index in [0.29, 0.717) is 17.0 Å². The molecule has 0 aliphatic carbocycles. The van der Waals surface area contributed by atoms with Gasteiger partial charge in [0.25, 0.3) is 0 Å². The Morgan fingerprint density at radius 2 is 2.33 bits per heavy atom. The third-order valence-electron chi connectivity index (χ3n) is 3.26. The lowest BCUT2D eigenvalue weighted by Crippen LogP contribution is -2.34. The van der Waals surface area contributed by atoms with Gasteiger partial charge in [0.05, 0.1) is 18.8 Å². The van der Waals surface area contributed by atoms with Gasteiger partial charge < -0.3 is 14.9 Å². The number of benzene rings is 1. The highest BCUT2D eigenvalue weighted by atomic mass is 32.2. The van der Waals surface area contributed by atoms with Gasteiger partial charge >= 0.3 is 0 Å². The number of phenols is 1. The van der Waals surface area contributed by atoms with E-state index in [2.05, 4.69) is 4.99 Å². The molecule has 2 atom stereocenters. The highest BCUT2D eigenvalue weighted by molar-refractivity contribution is 7.99. The maximum Gasteiger partial charge on any atom is 0.161 e. The van der Waals surface area contributed by atoms with Crippen molar-refractivity contribution in [2.24, 2.45) is 4.99 Å². The summed E-state index contributed by atoms with van der Waals surface area (Å²) >= 11 is 1.77. The van der Waals surface area contributed by atoms with E-state index in [-0.39, 0.29) is 11.8 Å². The van der Waals surface area contributed by atoms with Crippen LogP contribution in [-0.2, 0) is 0 Å². The summed E-state index contributed by atoms with van der Waals surface area (Å²) in [6, 6.07) is 3.33. The van der Waals surface area contributed by atoms with Crippen molar-refractivity contribution in [3.05, 3.63) is 17.7 Å². The Kier molecular flexibility index (Phi) is 2.93. The van der Waals surface area contributed by atoms with Crippen LogP contribution in [0.4, 0.5) is 5.69 Å². The number of nitrogens with zero attached hydrogens (tertiary/aromatic N) is 2. The number of hydrogen-bond donors (Lipinski definition) is 2. The molecule has 0 spiro atoms. The summed E-state index contributed by atoms with van der Waals surface area (Å²) in [5, 5.41) is 20.2. The number of aliphatic hydroxyl groups excluding tert-OH is 1. The van der Waals surface area contributed by atoms with Gasteiger partial charge in [0, 0.05) is 29.5 Å². The first-order chi connectivity index (χ1) is 8.70. The van der Waals surface area contributed by atoms with E-state index in [0.717, 1.165) is 11.6 Å². The van der Waals surface area contributed by atoms with Crippen LogP contribution < -0.4 is 4.74 Å².